The highest BCUT2D eigenvalue weighted by molar-refractivity contribution is 5.95. The van der Waals surface area contributed by atoms with Crippen molar-refractivity contribution in [3.8, 4) is 11.5 Å². The van der Waals surface area contributed by atoms with E-state index in [0.717, 1.165) is 31.9 Å². The average Bonchev–Trinajstić information content (AvgIpc) is 3.00. The zero-order valence-corrected chi connectivity index (χ0v) is 25.0. The van der Waals surface area contributed by atoms with Crippen molar-refractivity contribution in [2.75, 3.05) is 58.5 Å². The minimum atomic E-state index is -1.23. The Hall–Kier alpha value is -4.89. The minimum Gasteiger partial charge on any atom is -0.490 e. The van der Waals surface area contributed by atoms with Gasteiger partial charge in [0.2, 0.25) is 0 Å². The lowest BCUT2D eigenvalue weighted by Gasteiger charge is -2.34. The van der Waals surface area contributed by atoms with Gasteiger partial charge in [-0.15, -0.1) is 0 Å². The Morgan fingerprint density at radius 2 is 1.95 bits per heavy atom. The molecule has 0 aromatic heterocycles. The molecular weight excluding hydrogens is 574 g/mol. The van der Waals surface area contributed by atoms with E-state index < -0.39 is 29.2 Å². The number of methoxy groups -OCH3 is 1. The third-order valence-corrected chi connectivity index (χ3v) is 7.17. The van der Waals surface area contributed by atoms with Crippen molar-refractivity contribution in [2.45, 2.75) is 26.1 Å². The van der Waals surface area contributed by atoms with Crippen LogP contribution in [0.1, 0.15) is 31.0 Å². The monoisotopic (exact) mass is 611 g/mol. The lowest BCUT2D eigenvalue weighted by molar-refractivity contribution is -0.384. The molecule has 236 valence electrons. The molecule has 15 heteroatoms. The maximum absolute atomic E-state index is 12.4. The second kappa shape index (κ2) is 14.5. The second-order valence-electron chi connectivity index (χ2n) is 10.2. The van der Waals surface area contributed by atoms with Gasteiger partial charge in [0, 0.05) is 55.3 Å². The number of carbonyl (C=O) groups excluding carboxylic acids is 2. The number of hydrazone groups is 1. The van der Waals surface area contributed by atoms with Crippen molar-refractivity contribution < 1.29 is 33.8 Å². The number of urea groups is 1. The standard InChI is InChI=1S/C29H37N7O8/c1-5-43-24-15-19(27-26(28(38)42-4)18(2)31-29(39)32-27)6-9-23(24)44-17-25(37)33-30-16-20-14-21(36(40)41)7-8-22(20)35-12-10-34(3)11-13-35/h6-9,14-16,25,27,33,37H,5,10-13,17H2,1-4H3,(H2,31,32,39)/b30-16-/t25-,27+/m0/s1. The molecule has 44 heavy (non-hydrogen) atoms. The van der Waals surface area contributed by atoms with E-state index in [1.165, 1.54) is 25.5 Å². The Labute approximate surface area is 254 Å². The summed E-state index contributed by atoms with van der Waals surface area (Å²) in [6.07, 6.45) is 0.206. The highest BCUT2D eigenvalue weighted by atomic mass is 16.6. The third kappa shape index (κ3) is 7.73. The summed E-state index contributed by atoms with van der Waals surface area (Å²) in [4.78, 5) is 39.9. The summed E-state index contributed by atoms with van der Waals surface area (Å²) in [5.74, 6) is 0.0645. The summed E-state index contributed by atoms with van der Waals surface area (Å²) in [6, 6.07) is 8.31. The van der Waals surface area contributed by atoms with Gasteiger partial charge in [0.15, 0.2) is 17.7 Å². The molecule has 2 aliphatic heterocycles. The lowest BCUT2D eigenvalue weighted by Crippen LogP contribution is -2.45. The molecule has 1 fully saturated rings. The molecule has 15 nitrogen and oxygen atoms in total. The number of ether oxygens (including phenoxy) is 3. The Bertz CT molecular complexity index is 1440. The van der Waals surface area contributed by atoms with Crippen molar-refractivity contribution in [2.24, 2.45) is 5.10 Å². The molecule has 2 aliphatic rings. The van der Waals surface area contributed by atoms with Crippen molar-refractivity contribution >= 4 is 29.6 Å². The summed E-state index contributed by atoms with van der Waals surface area (Å²) in [5.41, 5.74) is 5.06. The minimum absolute atomic E-state index is 0.0616. The number of aliphatic hydroxyl groups is 1. The number of amides is 2. The fourth-order valence-electron chi connectivity index (χ4n) is 4.91. The van der Waals surface area contributed by atoms with Crippen LogP contribution in [0.3, 0.4) is 0 Å². The number of carbonyl (C=O) groups is 2. The van der Waals surface area contributed by atoms with Crippen LogP contribution in [-0.2, 0) is 9.53 Å². The Kier molecular flexibility index (Phi) is 10.6. The average molecular weight is 612 g/mol. The molecule has 1 saturated heterocycles. The summed E-state index contributed by atoms with van der Waals surface area (Å²) in [7, 11) is 3.31. The predicted octanol–water partition coefficient (Wildman–Crippen LogP) is 1.87. The van der Waals surface area contributed by atoms with Gasteiger partial charge in [-0.2, -0.15) is 5.10 Å². The molecule has 2 aromatic rings. The number of aliphatic hydroxyl groups excluding tert-OH is 1. The smallest absolute Gasteiger partial charge is 0.337 e. The van der Waals surface area contributed by atoms with Crippen LogP contribution in [0.4, 0.5) is 16.2 Å². The number of allylic oxidation sites excluding steroid dienone is 1. The molecule has 2 heterocycles. The van der Waals surface area contributed by atoms with Gasteiger partial charge in [-0.25, -0.2) is 9.59 Å². The van der Waals surface area contributed by atoms with Gasteiger partial charge in [-0.3, -0.25) is 15.5 Å². The van der Waals surface area contributed by atoms with Gasteiger partial charge in [-0.1, -0.05) is 6.07 Å². The summed E-state index contributed by atoms with van der Waals surface area (Å²) in [6.45, 7) is 6.76. The highest BCUT2D eigenvalue weighted by Gasteiger charge is 2.32. The van der Waals surface area contributed by atoms with E-state index in [0.29, 0.717) is 34.9 Å². The van der Waals surface area contributed by atoms with Crippen molar-refractivity contribution in [3.63, 3.8) is 0 Å². The van der Waals surface area contributed by atoms with Crippen molar-refractivity contribution in [1.29, 1.82) is 0 Å². The number of nitro benzene ring substituents is 1. The molecule has 0 unspecified atom stereocenters. The second-order valence-corrected chi connectivity index (χ2v) is 10.2. The molecule has 2 atom stereocenters. The van der Waals surface area contributed by atoms with Crippen LogP contribution in [0.2, 0.25) is 0 Å². The van der Waals surface area contributed by atoms with E-state index >= 15 is 0 Å². The van der Waals surface area contributed by atoms with Crippen LogP contribution in [0.25, 0.3) is 0 Å². The molecule has 0 bridgehead atoms. The van der Waals surface area contributed by atoms with E-state index in [4.69, 9.17) is 14.2 Å². The molecule has 4 N–H and O–H groups in total. The molecule has 2 aromatic carbocycles. The van der Waals surface area contributed by atoms with Crippen LogP contribution < -0.4 is 30.4 Å². The molecule has 0 aliphatic carbocycles. The Balaban J connectivity index is 1.45. The molecule has 0 spiro atoms. The van der Waals surface area contributed by atoms with Crippen LogP contribution >= 0.6 is 0 Å². The number of piperazine rings is 1. The molecule has 4 rings (SSSR count). The van der Waals surface area contributed by atoms with Crippen LogP contribution in [0, 0.1) is 10.1 Å². The number of likely N-dealkylation sites (N-methyl/N-ethyl adjacent to an activating group) is 1. The molecule has 0 radical (unpaired) electrons. The Morgan fingerprint density at radius 1 is 1.20 bits per heavy atom. The van der Waals surface area contributed by atoms with Crippen molar-refractivity contribution in [3.05, 3.63) is 68.9 Å². The van der Waals surface area contributed by atoms with Crippen molar-refractivity contribution in [1.82, 2.24) is 21.0 Å². The number of anilines is 1. The highest BCUT2D eigenvalue weighted by Crippen LogP contribution is 2.35. The number of benzene rings is 2. The largest absolute Gasteiger partial charge is 0.490 e. The predicted molar refractivity (Wildman–Crippen MR) is 162 cm³/mol. The number of nitro groups is 1. The zero-order chi connectivity index (χ0) is 31.8. The zero-order valence-electron chi connectivity index (χ0n) is 25.0. The van der Waals surface area contributed by atoms with Gasteiger partial charge < -0.3 is 39.8 Å². The molecule has 0 saturated carbocycles. The van der Waals surface area contributed by atoms with E-state index in [2.05, 4.69) is 31.0 Å². The maximum atomic E-state index is 12.4. The van der Waals surface area contributed by atoms with Crippen LogP contribution in [0.5, 0.6) is 11.5 Å². The molecule has 2 amide bonds. The quantitative estimate of drug-likeness (QED) is 0.0905. The fraction of sp³-hybridized carbons (Fsp3) is 0.414. The third-order valence-electron chi connectivity index (χ3n) is 7.17. The maximum Gasteiger partial charge on any atom is 0.337 e. The number of nitrogens with zero attached hydrogens (tertiary/aromatic N) is 4. The van der Waals surface area contributed by atoms with E-state index in [-0.39, 0.29) is 17.9 Å². The summed E-state index contributed by atoms with van der Waals surface area (Å²) >= 11 is 0. The first-order chi connectivity index (χ1) is 21.1. The van der Waals surface area contributed by atoms with Crippen LogP contribution in [-0.4, -0.2) is 92.9 Å². The number of nitrogens with one attached hydrogen (secondary N) is 3. The topological polar surface area (TPSA) is 180 Å². The number of hydrogen-bond donors (Lipinski definition) is 4. The first-order valence-corrected chi connectivity index (χ1v) is 14.1. The van der Waals surface area contributed by atoms with E-state index in [1.807, 2.05) is 7.05 Å². The summed E-state index contributed by atoms with van der Waals surface area (Å²) < 4.78 is 16.4. The SMILES string of the molecule is CCOc1cc([C@H]2NC(=O)NC(C)=C2C(=O)OC)ccc1OC[C@H](O)N/N=C\c1cc([N+](=O)[O-])ccc1N1CCN(C)CC1. The lowest BCUT2D eigenvalue weighted by atomic mass is 9.95. The fourth-order valence-corrected chi connectivity index (χ4v) is 4.91. The van der Waals surface area contributed by atoms with Gasteiger partial charge in [0.25, 0.3) is 5.69 Å². The number of esters is 1. The first-order valence-electron chi connectivity index (χ1n) is 14.1. The van der Waals surface area contributed by atoms with E-state index in [9.17, 15) is 24.8 Å². The number of hydrogen-bond acceptors (Lipinski definition) is 12. The van der Waals surface area contributed by atoms with E-state index in [1.54, 1.807) is 38.1 Å². The number of rotatable bonds is 12. The van der Waals surface area contributed by atoms with Gasteiger partial charge in [0.1, 0.15) is 6.61 Å². The van der Waals surface area contributed by atoms with Gasteiger partial charge >= 0.3 is 12.0 Å². The Morgan fingerprint density at radius 3 is 2.64 bits per heavy atom. The summed E-state index contributed by atoms with van der Waals surface area (Å²) in [5, 5.41) is 31.3. The van der Waals surface area contributed by atoms with Crippen LogP contribution in [0.15, 0.2) is 52.8 Å². The molecular formula is C29H37N7O8. The van der Waals surface area contributed by atoms with Gasteiger partial charge in [0.05, 0.1) is 36.5 Å². The normalized spacial score (nSPS) is 18.0. The first kappa shape index (κ1) is 32.0. The number of non-ortho nitro benzene ring substituents is 1. The van der Waals surface area contributed by atoms with Gasteiger partial charge in [-0.05, 0) is 44.7 Å².